The normalized spacial score (nSPS) is 15.1. The molecular formula is C19H27Br2ClN4O2Si. The number of hydrogen-bond acceptors (Lipinski definition) is 4. The summed E-state index contributed by atoms with van der Waals surface area (Å²) in [7, 11) is -1.83. The fourth-order valence-corrected chi connectivity index (χ4v) is 12.7. The number of fused-ring (bicyclic) bond motifs is 1. The van der Waals surface area contributed by atoms with Crippen molar-refractivity contribution in [3.05, 3.63) is 22.1 Å². The molecule has 1 saturated heterocycles. The van der Waals surface area contributed by atoms with E-state index in [1.54, 1.807) is 6.33 Å². The molecule has 0 radical (unpaired) electrons. The van der Waals surface area contributed by atoms with Crippen LogP contribution < -0.4 is 0 Å². The van der Waals surface area contributed by atoms with Gasteiger partial charge in [-0.15, -0.1) is 0 Å². The molecule has 0 spiro atoms. The van der Waals surface area contributed by atoms with Crippen LogP contribution in [0, 0.1) is 0 Å². The number of amides is 2. The van der Waals surface area contributed by atoms with E-state index in [4.69, 9.17) is 11.6 Å². The third-order valence-corrected chi connectivity index (χ3v) is 14.1. The van der Waals surface area contributed by atoms with Gasteiger partial charge in [0.1, 0.15) is 17.1 Å². The lowest BCUT2D eigenvalue weighted by molar-refractivity contribution is -0.131. The summed E-state index contributed by atoms with van der Waals surface area (Å²) in [5.41, 5.74) is 2.78. The largest absolute Gasteiger partial charge is 0.357 e. The number of nitrogens with zero attached hydrogens (tertiary/aromatic N) is 4. The quantitative estimate of drug-likeness (QED) is 0.188. The Kier molecular flexibility index (Phi) is 8.09. The average Bonchev–Trinajstić information content (AvgIpc) is 3.11. The fourth-order valence-electron chi connectivity index (χ4n) is 4.66. The maximum Gasteiger partial charge on any atom is 0.239 e. The lowest BCUT2D eigenvalue weighted by Crippen LogP contribution is -2.51. The van der Waals surface area contributed by atoms with Crippen molar-refractivity contribution in [1.82, 2.24) is 18.1 Å². The zero-order chi connectivity index (χ0) is 22.1. The van der Waals surface area contributed by atoms with Gasteiger partial charge in [-0.05, 0) is 32.6 Å². The van der Waals surface area contributed by atoms with Gasteiger partial charge in [-0.1, -0.05) is 53.1 Å². The van der Waals surface area contributed by atoms with Crippen LogP contribution in [0.25, 0.3) is 11.0 Å². The summed E-state index contributed by atoms with van der Waals surface area (Å²) in [6.45, 7) is 14.1. The smallest absolute Gasteiger partial charge is 0.239 e. The van der Waals surface area contributed by atoms with Crippen molar-refractivity contribution in [2.45, 2.75) is 71.0 Å². The minimum Gasteiger partial charge on any atom is -0.357 e. The summed E-state index contributed by atoms with van der Waals surface area (Å²) in [6, 6.07) is 0. The number of imide groups is 1. The minimum atomic E-state index is -1.83. The van der Waals surface area contributed by atoms with E-state index in [1.807, 2.05) is 0 Å². The molecule has 160 valence electrons. The van der Waals surface area contributed by atoms with Crippen molar-refractivity contribution in [3.8, 4) is 0 Å². The Labute approximate surface area is 195 Å². The Bertz CT molecular complexity index is 879. The molecule has 6 nitrogen and oxygen atoms in total. The molecule has 3 heterocycles. The number of rotatable bonds is 4. The van der Waals surface area contributed by atoms with Crippen molar-refractivity contribution in [2.24, 2.45) is 0 Å². The Hall–Kier alpha value is -0.773. The van der Waals surface area contributed by atoms with Gasteiger partial charge in [-0.3, -0.25) is 9.59 Å². The molecule has 0 saturated carbocycles. The summed E-state index contributed by atoms with van der Waals surface area (Å²) in [4.78, 5) is 29.6. The van der Waals surface area contributed by atoms with Crippen LogP contribution in [-0.4, -0.2) is 38.2 Å². The summed E-state index contributed by atoms with van der Waals surface area (Å²) < 4.78 is 4.41. The molecule has 0 unspecified atom stereocenters. The van der Waals surface area contributed by atoms with Gasteiger partial charge < -0.3 is 4.23 Å². The second kappa shape index (κ2) is 9.57. The third kappa shape index (κ3) is 4.47. The molecule has 1 fully saturated rings. The van der Waals surface area contributed by atoms with Crippen LogP contribution in [0.2, 0.25) is 21.8 Å². The average molecular weight is 567 g/mol. The Balaban J connectivity index is 0.000000313. The van der Waals surface area contributed by atoms with Crippen LogP contribution in [0.5, 0.6) is 0 Å². The summed E-state index contributed by atoms with van der Waals surface area (Å²) in [5, 5.41) is 1.45. The highest BCUT2D eigenvalue weighted by Crippen LogP contribution is 2.45. The summed E-state index contributed by atoms with van der Waals surface area (Å²) >= 11 is 12.7. The first-order valence-corrected chi connectivity index (χ1v) is 13.7. The number of aromatic nitrogens is 3. The molecule has 10 heteroatoms. The predicted octanol–water partition coefficient (Wildman–Crippen LogP) is 6.32. The van der Waals surface area contributed by atoms with Crippen molar-refractivity contribution < 1.29 is 9.59 Å². The van der Waals surface area contributed by atoms with E-state index in [1.165, 1.54) is 0 Å². The number of hydrogen-bond donors (Lipinski definition) is 0. The van der Waals surface area contributed by atoms with Crippen molar-refractivity contribution >= 4 is 74.8 Å². The van der Waals surface area contributed by atoms with E-state index in [0.29, 0.717) is 34.6 Å². The van der Waals surface area contributed by atoms with Crippen LogP contribution in [0.1, 0.15) is 54.4 Å². The number of carbonyl (C=O) groups is 2. The second-order valence-electron chi connectivity index (χ2n) is 8.13. The van der Waals surface area contributed by atoms with Crippen molar-refractivity contribution in [1.29, 1.82) is 0 Å². The monoisotopic (exact) mass is 564 g/mol. The summed E-state index contributed by atoms with van der Waals surface area (Å²) in [5.74, 6) is -0.287. The molecule has 2 aromatic heterocycles. The molecule has 0 aliphatic carbocycles. The highest BCUT2D eigenvalue weighted by atomic mass is 79.9. The zero-order valence-electron chi connectivity index (χ0n) is 17.5. The van der Waals surface area contributed by atoms with Crippen LogP contribution in [-0.2, 0) is 9.59 Å². The standard InChI is InChI=1S/C15H23BrClN3Si.C4H4BrNO2/c1-9(2)21(10(3)4,11(5)6)20-7-12(16)13-14(17)18-8-19-15(13)20;5-6-3(7)1-2-4(6)8/h7-11H,1-6H3;1-2H2. The van der Waals surface area contributed by atoms with E-state index >= 15 is 0 Å². The van der Waals surface area contributed by atoms with Gasteiger partial charge in [0, 0.05) is 23.5 Å². The second-order valence-corrected chi connectivity index (χ2v) is 15.8. The number of halogens is 3. The molecule has 0 aromatic carbocycles. The van der Waals surface area contributed by atoms with E-state index in [2.05, 4.69) is 94.0 Å². The molecule has 3 rings (SSSR count). The van der Waals surface area contributed by atoms with Gasteiger partial charge in [0.05, 0.1) is 21.5 Å². The van der Waals surface area contributed by atoms with E-state index in [9.17, 15) is 9.59 Å². The first-order valence-electron chi connectivity index (χ1n) is 9.65. The van der Waals surface area contributed by atoms with Gasteiger partial charge >= 0.3 is 0 Å². The summed E-state index contributed by atoms with van der Waals surface area (Å²) in [6.07, 6.45) is 4.44. The SMILES string of the molecule is CC(C)[Si](C(C)C)(C(C)C)n1cc(Br)c2c(Cl)ncnc21.O=C1CCC(=O)N1Br. The van der Waals surface area contributed by atoms with Crippen molar-refractivity contribution in [2.75, 3.05) is 0 Å². The molecule has 29 heavy (non-hydrogen) atoms. The fraction of sp³-hybridized carbons (Fsp3) is 0.579. The van der Waals surface area contributed by atoms with Gasteiger partial charge in [0.2, 0.25) is 11.8 Å². The van der Waals surface area contributed by atoms with E-state index in [-0.39, 0.29) is 11.8 Å². The highest BCUT2D eigenvalue weighted by Gasteiger charge is 2.46. The van der Waals surface area contributed by atoms with Gasteiger partial charge in [0.15, 0.2) is 8.24 Å². The molecule has 1 aliphatic rings. The molecule has 2 amide bonds. The molecule has 0 atom stereocenters. The minimum absolute atomic E-state index is 0.144. The van der Waals surface area contributed by atoms with Crippen LogP contribution >= 0.6 is 43.7 Å². The van der Waals surface area contributed by atoms with Crippen LogP contribution in [0.4, 0.5) is 0 Å². The Morgan fingerprint density at radius 2 is 1.48 bits per heavy atom. The molecule has 0 bridgehead atoms. The lowest BCUT2D eigenvalue weighted by atomic mass is 10.4. The maximum absolute atomic E-state index is 10.4. The lowest BCUT2D eigenvalue weighted by Gasteiger charge is -2.44. The first kappa shape index (κ1) is 24.5. The Morgan fingerprint density at radius 1 is 1.00 bits per heavy atom. The Morgan fingerprint density at radius 3 is 1.86 bits per heavy atom. The van der Waals surface area contributed by atoms with Crippen LogP contribution in [0.15, 0.2) is 17.0 Å². The zero-order valence-corrected chi connectivity index (χ0v) is 22.5. The highest BCUT2D eigenvalue weighted by molar-refractivity contribution is 9.10. The molecular weight excluding hydrogens is 540 g/mol. The molecule has 2 aromatic rings. The van der Waals surface area contributed by atoms with Gasteiger partial charge in [-0.2, -0.15) is 0 Å². The van der Waals surface area contributed by atoms with Crippen LogP contribution in [0.3, 0.4) is 0 Å². The third-order valence-electron chi connectivity index (χ3n) is 5.67. The first-order chi connectivity index (χ1) is 13.5. The van der Waals surface area contributed by atoms with Crippen molar-refractivity contribution in [3.63, 3.8) is 0 Å². The number of carbonyl (C=O) groups excluding carboxylic acids is 2. The molecule has 1 aliphatic heterocycles. The maximum atomic E-state index is 10.4. The predicted molar refractivity (Wildman–Crippen MR) is 127 cm³/mol. The van der Waals surface area contributed by atoms with E-state index < -0.39 is 8.24 Å². The van der Waals surface area contributed by atoms with Gasteiger partial charge in [0.25, 0.3) is 0 Å². The van der Waals surface area contributed by atoms with E-state index in [0.717, 1.165) is 19.4 Å². The van der Waals surface area contributed by atoms with Gasteiger partial charge in [-0.25, -0.2) is 13.9 Å². The topological polar surface area (TPSA) is 68.1 Å². The molecule has 0 N–H and O–H groups in total.